The number of benzene rings is 1. The van der Waals surface area contributed by atoms with Crippen molar-refractivity contribution in [2.24, 2.45) is 4.99 Å². The second-order valence-electron chi connectivity index (χ2n) is 5.25. The molecule has 25 heavy (non-hydrogen) atoms. The van der Waals surface area contributed by atoms with Gasteiger partial charge < -0.3 is 15.2 Å². The fourth-order valence-corrected chi connectivity index (χ4v) is 2.78. The molecule has 1 aromatic heterocycles. The van der Waals surface area contributed by atoms with Gasteiger partial charge in [0.15, 0.2) is 5.96 Å². The summed E-state index contributed by atoms with van der Waals surface area (Å²) in [5, 5.41) is 10.5. The molecule has 0 saturated heterocycles. The van der Waals surface area contributed by atoms with Gasteiger partial charge in [0, 0.05) is 36.6 Å². The molecule has 0 amide bonds. The van der Waals surface area contributed by atoms with Gasteiger partial charge in [0.25, 0.3) is 0 Å². The summed E-state index contributed by atoms with van der Waals surface area (Å²) in [5.41, 5.74) is 2.86. The Morgan fingerprint density at radius 1 is 1.24 bits per heavy atom. The minimum Gasteiger partial charge on any atom is -0.361 e. The molecule has 0 fully saturated rings. The van der Waals surface area contributed by atoms with Crippen LogP contribution in [0.5, 0.6) is 0 Å². The third kappa shape index (κ3) is 5.95. The van der Waals surface area contributed by atoms with E-state index < -0.39 is 0 Å². The normalized spacial score (nSPS) is 11.2. The average Bonchev–Trinajstić information content (AvgIpc) is 2.99. The van der Waals surface area contributed by atoms with Crippen LogP contribution in [0.15, 0.2) is 32.2 Å². The summed E-state index contributed by atoms with van der Waals surface area (Å²) >= 11 is 3.42. The third-order valence-corrected chi connectivity index (χ3v) is 4.49. The molecule has 2 N–H and O–H groups in total. The smallest absolute Gasteiger partial charge is 0.191 e. The minimum atomic E-state index is -0.261. The van der Waals surface area contributed by atoms with Crippen LogP contribution in [0.3, 0.4) is 0 Å². The quantitative estimate of drug-likeness (QED) is 0.338. The van der Waals surface area contributed by atoms with Gasteiger partial charge in [-0.15, -0.1) is 24.0 Å². The Hall–Kier alpha value is -1.16. The standard InChI is InChI=1S/C17H22BrFN4O.HI/c1-4-15-13(16(5-2)24-23-15)10-22-17(20-3)21-9-11-8-12(19)6-7-14(11)18;/h6-8H,4-5,9-10H2,1-3H3,(H2,20,21,22);1H. The van der Waals surface area contributed by atoms with Crippen LogP contribution in [0.4, 0.5) is 4.39 Å². The lowest BCUT2D eigenvalue weighted by Crippen LogP contribution is -2.36. The minimum absolute atomic E-state index is 0. The van der Waals surface area contributed by atoms with Crippen LogP contribution in [-0.2, 0) is 25.9 Å². The summed E-state index contributed by atoms with van der Waals surface area (Å²) < 4.78 is 19.6. The van der Waals surface area contributed by atoms with Crippen molar-refractivity contribution in [1.29, 1.82) is 0 Å². The number of halogens is 3. The van der Waals surface area contributed by atoms with Crippen molar-refractivity contribution in [3.63, 3.8) is 0 Å². The first kappa shape index (κ1) is 21.9. The Morgan fingerprint density at radius 3 is 2.60 bits per heavy atom. The van der Waals surface area contributed by atoms with Crippen molar-refractivity contribution >= 4 is 45.9 Å². The number of aliphatic imine (C=N–C) groups is 1. The second-order valence-corrected chi connectivity index (χ2v) is 6.11. The molecule has 1 aromatic carbocycles. The molecular weight excluding hydrogens is 502 g/mol. The summed E-state index contributed by atoms with van der Waals surface area (Å²) in [5.74, 6) is 1.27. The predicted octanol–water partition coefficient (Wildman–Crippen LogP) is 4.18. The summed E-state index contributed by atoms with van der Waals surface area (Å²) in [6.07, 6.45) is 1.62. The zero-order chi connectivity index (χ0) is 17.5. The lowest BCUT2D eigenvalue weighted by atomic mass is 10.1. The Labute approximate surface area is 173 Å². The lowest BCUT2D eigenvalue weighted by Gasteiger charge is -2.13. The zero-order valence-corrected chi connectivity index (χ0v) is 18.4. The maximum Gasteiger partial charge on any atom is 0.191 e. The van der Waals surface area contributed by atoms with Crippen molar-refractivity contribution in [2.45, 2.75) is 39.8 Å². The van der Waals surface area contributed by atoms with Crippen molar-refractivity contribution in [3.05, 3.63) is 51.1 Å². The molecule has 1 heterocycles. The maximum absolute atomic E-state index is 13.3. The van der Waals surface area contributed by atoms with Gasteiger partial charge in [0.2, 0.25) is 0 Å². The Balaban J connectivity index is 0.00000312. The van der Waals surface area contributed by atoms with Gasteiger partial charge in [0.1, 0.15) is 11.6 Å². The van der Waals surface area contributed by atoms with E-state index in [1.165, 1.54) is 12.1 Å². The summed E-state index contributed by atoms with van der Waals surface area (Å²) in [7, 11) is 1.70. The average molecular weight is 525 g/mol. The first-order chi connectivity index (χ1) is 11.6. The van der Waals surface area contributed by atoms with Crippen LogP contribution in [0.1, 0.15) is 36.4 Å². The van der Waals surface area contributed by atoms with E-state index in [9.17, 15) is 4.39 Å². The number of guanidine groups is 1. The molecular formula is C17H23BrFIN4O. The molecule has 0 aliphatic carbocycles. The van der Waals surface area contributed by atoms with Gasteiger partial charge in [0.05, 0.1) is 5.69 Å². The van der Waals surface area contributed by atoms with Gasteiger partial charge in [-0.1, -0.05) is 34.9 Å². The number of aromatic nitrogens is 1. The van der Waals surface area contributed by atoms with Crippen molar-refractivity contribution < 1.29 is 8.91 Å². The first-order valence-electron chi connectivity index (χ1n) is 7.93. The highest BCUT2D eigenvalue weighted by Gasteiger charge is 2.13. The van der Waals surface area contributed by atoms with Crippen LogP contribution < -0.4 is 10.6 Å². The van der Waals surface area contributed by atoms with Crippen molar-refractivity contribution in [3.8, 4) is 0 Å². The first-order valence-corrected chi connectivity index (χ1v) is 8.73. The van der Waals surface area contributed by atoms with E-state index in [1.807, 2.05) is 6.92 Å². The van der Waals surface area contributed by atoms with Crippen LogP contribution >= 0.6 is 39.9 Å². The number of aryl methyl sites for hydroxylation is 2. The monoisotopic (exact) mass is 524 g/mol. The molecule has 5 nitrogen and oxygen atoms in total. The SMILES string of the molecule is CCc1noc(CC)c1CNC(=NC)NCc1cc(F)ccc1Br.I. The van der Waals surface area contributed by atoms with E-state index >= 15 is 0 Å². The largest absolute Gasteiger partial charge is 0.361 e. The third-order valence-electron chi connectivity index (χ3n) is 3.72. The van der Waals surface area contributed by atoms with Gasteiger partial charge >= 0.3 is 0 Å². The highest BCUT2D eigenvalue weighted by Crippen LogP contribution is 2.18. The molecule has 8 heteroatoms. The summed E-state index contributed by atoms with van der Waals surface area (Å²) in [4.78, 5) is 4.20. The molecule has 0 atom stereocenters. The molecule has 0 radical (unpaired) electrons. The number of nitrogens with one attached hydrogen (secondary N) is 2. The highest BCUT2D eigenvalue weighted by molar-refractivity contribution is 14.0. The van der Waals surface area contributed by atoms with E-state index in [-0.39, 0.29) is 29.8 Å². The Morgan fingerprint density at radius 2 is 1.96 bits per heavy atom. The Bertz CT molecular complexity index is 699. The van der Waals surface area contributed by atoms with Crippen LogP contribution in [-0.4, -0.2) is 18.2 Å². The number of hydrogen-bond donors (Lipinski definition) is 2. The molecule has 2 rings (SSSR count). The zero-order valence-electron chi connectivity index (χ0n) is 14.5. The Kier molecular flexibility index (Phi) is 9.41. The fourth-order valence-electron chi connectivity index (χ4n) is 2.39. The van der Waals surface area contributed by atoms with Gasteiger partial charge in [-0.2, -0.15) is 0 Å². The predicted molar refractivity (Wildman–Crippen MR) is 112 cm³/mol. The summed E-state index contributed by atoms with van der Waals surface area (Å²) in [6.45, 7) is 5.14. The van der Waals surface area contributed by atoms with E-state index in [4.69, 9.17) is 4.52 Å². The lowest BCUT2D eigenvalue weighted by molar-refractivity contribution is 0.380. The number of hydrogen-bond acceptors (Lipinski definition) is 3. The number of rotatable bonds is 6. The van der Waals surface area contributed by atoms with Crippen LogP contribution in [0.25, 0.3) is 0 Å². The molecule has 0 spiro atoms. The van der Waals surface area contributed by atoms with E-state index in [0.717, 1.165) is 39.9 Å². The molecule has 138 valence electrons. The number of nitrogens with zero attached hydrogens (tertiary/aromatic N) is 2. The maximum atomic E-state index is 13.3. The van der Waals surface area contributed by atoms with E-state index in [2.05, 4.69) is 43.6 Å². The molecule has 0 aliphatic heterocycles. The molecule has 2 aromatic rings. The van der Waals surface area contributed by atoms with Crippen LogP contribution in [0.2, 0.25) is 0 Å². The van der Waals surface area contributed by atoms with E-state index in [0.29, 0.717) is 19.0 Å². The molecule has 0 saturated carbocycles. The summed E-state index contributed by atoms with van der Waals surface area (Å²) in [6, 6.07) is 4.61. The fraction of sp³-hybridized carbons (Fsp3) is 0.412. The highest BCUT2D eigenvalue weighted by atomic mass is 127. The second kappa shape index (κ2) is 10.7. The van der Waals surface area contributed by atoms with Crippen LogP contribution in [0, 0.1) is 5.82 Å². The van der Waals surface area contributed by atoms with E-state index in [1.54, 1.807) is 13.1 Å². The topological polar surface area (TPSA) is 62.5 Å². The molecule has 0 unspecified atom stereocenters. The van der Waals surface area contributed by atoms with Gasteiger partial charge in [-0.05, 0) is 30.2 Å². The van der Waals surface area contributed by atoms with Gasteiger partial charge in [-0.25, -0.2) is 4.39 Å². The van der Waals surface area contributed by atoms with Crippen molar-refractivity contribution in [1.82, 2.24) is 15.8 Å². The van der Waals surface area contributed by atoms with Gasteiger partial charge in [-0.3, -0.25) is 4.99 Å². The van der Waals surface area contributed by atoms with Crippen molar-refractivity contribution in [2.75, 3.05) is 7.05 Å². The molecule has 0 bridgehead atoms. The molecule has 0 aliphatic rings.